The number of aliphatic hydroxyl groups is 3. The van der Waals surface area contributed by atoms with Gasteiger partial charge in [0, 0.05) is 6.42 Å². The number of hydrogen-bond acceptors (Lipinski definition) is 5. The molecule has 4 rings (SSSR count). The fourth-order valence-electron chi connectivity index (χ4n) is 9.25. The van der Waals surface area contributed by atoms with Crippen LogP contribution in [0.4, 0.5) is 0 Å². The first-order valence-corrected chi connectivity index (χ1v) is 13.5. The number of carboxylic acid groups (broad SMARTS) is 1. The van der Waals surface area contributed by atoms with E-state index in [1.165, 1.54) is 0 Å². The third-order valence-electron chi connectivity index (χ3n) is 11.1. The van der Waals surface area contributed by atoms with E-state index in [0.29, 0.717) is 25.2 Å². The summed E-state index contributed by atoms with van der Waals surface area (Å²) in [5.74, 6) is 0.345. The number of rotatable bonds is 7. The van der Waals surface area contributed by atoms with Crippen molar-refractivity contribution >= 4 is 11.9 Å². The van der Waals surface area contributed by atoms with Crippen LogP contribution in [0.15, 0.2) is 0 Å². The smallest absolute Gasteiger partial charge is 0.322 e. The molecule has 4 saturated carbocycles. The Morgan fingerprint density at radius 3 is 2.44 bits per heavy atom. The summed E-state index contributed by atoms with van der Waals surface area (Å²) in [6, 6.07) is 0. The normalized spacial score (nSPS) is 46.6. The minimum Gasteiger partial charge on any atom is -0.480 e. The van der Waals surface area contributed by atoms with Gasteiger partial charge in [0.05, 0.1) is 18.3 Å². The van der Waals surface area contributed by atoms with Crippen molar-refractivity contribution < 1.29 is 30.0 Å². The molecular formula is C27H45NO6. The van der Waals surface area contributed by atoms with Gasteiger partial charge in [-0.3, -0.25) is 9.59 Å². The summed E-state index contributed by atoms with van der Waals surface area (Å²) < 4.78 is 0. The van der Waals surface area contributed by atoms with Crippen molar-refractivity contribution in [2.45, 2.75) is 103 Å². The molecule has 0 bridgehead atoms. The Balaban J connectivity index is 1.51. The fraction of sp³-hybridized carbons (Fsp3) is 0.926. The zero-order valence-corrected chi connectivity index (χ0v) is 21.1. The highest BCUT2D eigenvalue weighted by molar-refractivity contribution is 5.81. The summed E-state index contributed by atoms with van der Waals surface area (Å²) in [7, 11) is 0. The van der Waals surface area contributed by atoms with Crippen molar-refractivity contribution in [3.05, 3.63) is 0 Å². The SMILES string of the molecule is CCC(CCC(=O)NCC(=O)O)C1CCC2C3C(O)CC4CC(O)CCC4(C)C3CC(O)C12C. The van der Waals surface area contributed by atoms with Gasteiger partial charge in [-0.15, -0.1) is 0 Å². The molecule has 0 aromatic carbocycles. The van der Waals surface area contributed by atoms with Crippen molar-refractivity contribution in [2.24, 2.45) is 46.3 Å². The van der Waals surface area contributed by atoms with Gasteiger partial charge < -0.3 is 25.7 Å². The zero-order valence-electron chi connectivity index (χ0n) is 21.1. The second kappa shape index (κ2) is 9.70. The first-order chi connectivity index (χ1) is 16.0. The van der Waals surface area contributed by atoms with Gasteiger partial charge in [-0.1, -0.05) is 27.2 Å². The molecule has 0 saturated heterocycles. The van der Waals surface area contributed by atoms with Crippen LogP contribution in [0.5, 0.6) is 0 Å². The highest BCUT2D eigenvalue weighted by atomic mass is 16.4. The lowest BCUT2D eigenvalue weighted by Gasteiger charge is -2.63. The van der Waals surface area contributed by atoms with Gasteiger partial charge >= 0.3 is 5.97 Å². The molecule has 11 unspecified atom stereocenters. The van der Waals surface area contributed by atoms with E-state index in [4.69, 9.17) is 5.11 Å². The number of carboxylic acids is 1. The Hall–Kier alpha value is -1.18. The maximum atomic E-state index is 12.2. The van der Waals surface area contributed by atoms with Crippen molar-refractivity contribution in [1.29, 1.82) is 0 Å². The largest absolute Gasteiger partial charge is 0.480 e. The molecular weight excluding hydrogens is 434 g/mol. The molecule has 4 aliphatic carbocycles. The van der Waals surface area contributed by atoms with Crippen LogP contribution in [0.3, 0.4) is 0 Å². The first-order valence-electron chi connectivity index (χ1n) is 13.5. The van der Waals surface area contributed by atoms with Crippen LogP contribution in [-0.2, 0) is 9.59 Å². The van der Waals surface area contributed by atoms with E-state index >= 15 is 0 Å². The maximum absolute atomic E-state index is 12.2. The molecule has 34 heavy (non-hydrogen) atoms. The van der Waals surface area contributed by atoms with Crippen LogP contribution in [0.25, 0.3) is 0 Å². The Bertz CT molecular complexity index is 774. The average molecular weight is 480 g/mol. The molecule has 0 aromatic heterocycles. The van der Waals surface area contributed by atoms with Crippen molar-refractivity contribution in [3.63, 3.8) is 0 Å². The molecule has 0 spiro atoms. The third-order valence-corrected chi connectivity index (χ3v) is 11.1. The van der Waals surface area contributed by atoms with Gasteiger partial charge in [0.25, 0.3) is 0 Å². The van der Waals surface area contributed by atoms with Gasteiger partial charge in [-0.2, -0.15) is 0 Å². The van der Waals surface area contributed by atoms with Crippen LogP contribution in [-0.4, -0.2) is 57.2 Å². The highest BCUT2D eigenvalue weighted by Gasteiger charge is 2.65. The highest BCUT2D eigenvalue weighted by Crippen LogP contribution is 2.68. The summed E-state index contributed by atoms with van der Waals surface area (Å²) >= 11 is 0. The molecule has 7 nitrogen and oxygen atoms in total. The molecule has 4 fully saturated rings. The number of amides is 1. The maximum Gasteiger partial charge on any atom is 0.322 e. The Kier molecular flexibility index (Phi) is 7.39. The lowest BCUT2D eigenvalue weighted by atomic mass is 9.43. The predicted molar refractivity (Wildman–Crippen MR) is 128 cm³/mol. The molecule has 1 amide bonds. The number of carbonyl (C=O) groups excluding carboxylic acids is 1. The summed E-state index contributed by atoms with van der Waals surface area (Å²) in [6.07, 6.45) is 6.84. The van der Waals surface area contributed by atoms with E-state index in [-0.39, 0.29) is 65.1 Å². The number of nitrogens with one attached hydrogen (secondary N) is 1. The van der Waals surface area contributed by atoms with Crippen molar-refractivity contribution in [2.75, 3.05) is 6.54 Å². The van der Waals surface area contributed by atoms with Gasteiger partial charge in [-0.25, -0.2) is 0 Å². The van der Waals surface area contributed by atoms with E-state index < -0.39 is 12.1 Å². The lowest BCUT2D eigenvalue weighted by Crippen LogP contribution is -2.62. The van der Waals surface area contributed by atoms with Gasteiger partial charge in [0.15, 0.2) is 0 Å². The molecule has 0 heterocycles. The first kappa shape index (κ1) is 25.9. The van der Waals surface area contributed by atoms with Gasteiger partial charge in [0.1, 0.15) is 6.54 Å². The minimum atomic E-state index is -1.04. The molecule has 194 valence electrons. The topological polar surface area (TPSA) is 127 Å². The molecule has 11 atom stereocenters. The fourth-order valence-corrected chi connectivity index (χ4v) is 9.25. The second-order valence-corrected chi connectivity index (χ2v) is 12.4. The van der Waals surface area contributed by atoms with Crippen LogP contribution in [0.1, 0.15) is 85.0 Å². The number of aliphatic hydroxyl groups excluding tert-OH is 3. The summed E-state index contributed by atoms with van der Waals surface area (Å²) in [4.78, 5) is 22.9. The van der Waals surface area contributed by atoms with Crippen LogP contribution < -0.4 is 5.32 Å². The summed E-state index contributed by atoms with van der Waals surface area (Å²) in [5.41, 5.74) is -0.215. The average Bonchev–Trinajstić information content (AvgIpc) is 3.13. The van der Waals surface area contributed by atoms with E-state index in [1.807, 2.05) is 0 Å². The van der Waals surface area contributed by atoms with Crippen molar-refractivity contribution in [3.8, 4) is 0 Å². The number of carbonyl (C=O) groups is 2. The number of fused-ring (bicyclic) bond motifs is 5. The lowest BCUT2D eigenvalue weighted by molar-refractivity contribution is -0.207. The van der Waals surface area contributed by atoms with E-state index in [2.05, 4.69) is 26.1 Å². The quantitative estimate of drug-likeness (QED) is 0.382. The molecule has 0 radical (unpaired) electrons. The Labute approximate surface area is 203 Å². The van der Waals surface area contributed by atoms with Gasteiger partial charge in [-0.05, 0) is 97.7 Å². The second-order valence-electron chi connectivity index (χ2n) is 12.4. The van der Waals surface area contributed by atoms with Gasteiger partial charge in [0.2, 0.25) is 5.91 Å². The molecule has 4 aliphatic rings. The summed E-state index contributed by atoms with van der Waals surface area (Å²) in [6.45, 7) is 6.37. The van der Waals surface area contributed by atoms with Crippen molar-refractivity contribution in [1.82, 2.24) is 5.32 Å². The molecule has 7 heteroatoms. The van der Waals surface area contributed by atoms with Crippen LogP contribution >= 0.6 is 0 Å². The third kappa shape index (κ3) is 4.30. The van der Waals surface area contributed by atoms with Crippen LogP contribution in [0.2, 0.25) is 0 Å². The van der Waals surface area contributed by atoms with Crippen LogP contribution in [0, 0.1) is 46.3 Å². The van der Waals surface area contributed by atoms with E-state index in [9.17, 15) is 24.9 Å². The number of aliphatic carboxylic acids is 1. The minimum absolute atomic E-state index is 0.0654. The molecule has 0 aromatic rings. The number of hydrogen-bond donors (Lipinski definition) is 5. The van der Waals surface area contributed by atoms with E-state index in [1.54, 1.807) is 0 Å². The monoisotopic (exact) mass is 479 g/mol. The van der Waals surface area contributed by atoms with E-state index in [0.717, 1.165) is 44.9 Å². The standard InChI is InChI=1S/C27H45NO6/c1-4-15(5-8-23(32)28-14-24(33)34)18-6-7-19-25-20(13-22(31)27(18,19)3)26(2)10-9-17(29)11-16(26)12-21(25)30/h15-22,25,29-31H,4-14H2,1-3H3,(H,28,32)(H,33,34). The molecule has 5 N–H and O–H groups in total. The summed E-state index contributed by atoms with van der Waals surface area (Å²) in [5, 5.41) is 44.6. The Morgan fingerprint density at radius 2 is 1.76 bits per heavy atom. The predicted octanol–water partition coefficient (Wildman–Crippen LogP) is 2.96. The zero-order chi connectivity index (χ0) is 24.8. The molecule has 0 aliphatic heterocycles. The Morgan fingerprint density at radius 1 is 1.03 bits per heavy atom.